The molecule has 1 heterocycles. The number of hydrazone groups is 1. The van der Waals surface area contributed by atoms with Gasteiger partial charge in [-0.2, -0.15) is 5.10 Å². The largest absolute Gasteiger partial charge is 0.467 e. The molecule has 2 aromatic carbocycles. The van der Waals surface area contributed by atoms with Crippen molar-refractivity contribution in [1.29, 1.82) is 0 Å². The van der Waals surface area contributed by atoms with E-state index in [0.29, 0.717) is 12.1 Å². The summed E-state index contributed by atoms with van der Waals surface area (Å²) in [7, 11) is 1.30. The molecule has 1 N–H and O–H groups in total. The molecule has 1 atom stereocenters. The highest BCUT2D eigenvalue weighted by Crippen LogP contribution is 2.35. The summed E-state index contributed by atoms with van der Waals surface area (Å²) < 4.78 is 4.76. The summed E-state index contributed by atoms with van der Waals surface area (Å²) in [4.78, 5) is 24.6. The summed E-state index contributed by atoms with van der Waals surface area (Å²) in [6.07, 6.45) is 0.446. The Hall–Kier alpha value is -3.15. The predicted molar refractivity (Wildman–Crippen MR) is 104 cm³/mol. The summed E-state index contributed by atoms with van der Waals surface area (Å²) in [6.45, 7) is 3.21. The van der Waals surface area contributed by atoms with Crippen LogP contribution in [0.3, 0.4) is 0 Å². The molecule has 0 saturated carbocycles. The second-order valence-electron chi connectivity index (χ2n) is 6.93. The minimum Gasteiger partial charge on any atom is -0.467 e. The van der Waals surface area contributed by atoms with Crippen LogP contribution in [0, 0.1) is 0 Å². The number of hydrogen-bond acceptors (Lipinski definition) is 5. The lowest BCUT2D eigenvalue weighted by molar-refractivity contribution is -0.148. The second kappa shape index (κ2) is 7.61. The minimum absolute atomic E-state index is 0.0874. The molecule has 3 rings (SSSR count). The summed E-state index contributed by atoms with van der Waals surface area (Å²) in [5.74, 6) is -0.876. The van der Waals surface area contributed by atoms with Crippen molar-refractivity contribution < 1.29 is 14.3 Å². The van der Waals surface area contributed by atoms with Crippen molar-refractivity contribution in [2.75, 3.05) is 12.1 Å². The summed E-state index contributed by atoms with van der Waals surface area (Å²) in [5.41, 5.74) is 1.22. The van der Waals surface area contributed by atoms with Crippen molar-refractivity contribution in [3.63, 3.8) is 0 Å². The molecule has 1 amide bonds. The standard InChI is InChI=1S/C21H23N3O3/c1-21(2,20(26)27-3)22-19(25)17-14-18(15-10-6-4-7-11-15)24(23-17)16-12-8-5-9-13-16/h4-13,18H,14H2,1-3H3,(H,22,25)/t18-/m1/s1. The van der Waals surface area contributed by atoms with E-state index in [0.717, 1.165) is 11.3 Å². The Bertz CT molecular complexity index is 847. The monoisotopic (exact) mass is 365 g/mol. The number of rotatable bonds is 5. The molecule has 0 aromatic heterocycles. The number of nitrogens with zero attached hydrogens (tertiary/aromatic N) is 2. The van der Waals surface area contributed by atoms with Gasteiger partial charge in [0.1, 0.15) is 11.3 Å². The Morgan fingerprint density at radius 1 is 1.07 bits per heavy atom. The van der Waals surface area contributed by atoms with E-state index in [4.69, 9.17) is 4.74 Å². The Balaban J connectivity index is 1.88. The zero-order valence-corrected chi connectivity index (χ0v) is 15.7. The molecule has 0 fully saturated rings. The van der Waals surface area contributed by atoms with Gasteiger partial charge < -0.3 is 10.1 Å². The topological polar surface area (TPSA) is 71.0 Å². The van der Waals surface area contributed by atoms with Gasteiger partial charge in [-0.15, -0.1) is 0 Å². The van der Waals surface area contributed by atoms with E-state index in [-0.39, 0.29) is 11.9 Å². The molecule has 2 aromatic rings. The molecule has 1 aliphatic rings. The SMILES string of the molecule is COC(=O)C(C)(C)NC(=O)C1=NN(c2ccccc2)[C@@H](c2ccccc2)C1. The second-order valence-corrected chi connectivity index (χ2v) is 6.93. The van der Waals surface area contributed by atoms with E-state index in [1.807, 2.05) is 65.7 Å². The molecule has 0 saturated heterocycles. The maximum atomic E-state index is 12.8. The van der Waals surface area contributed by atoms with Crippen LogP contribution in [0.5, 0.6) is 0 Å². The maximum Gasteiger partial charge on any atom is 0.330 e. The highest BCUT2D eigenvalue weighted by Gasteiger charge is 2.36. The van der Waals surface area contributed by atoms with Gasteiger partial charge in [-0.25, -0.2) is 4.79 Å². The minimum atomic E-state index is -1.13. The van der Waals surface area contributed by atoms with Crippen LogP contribution in [0.2, 0.25) is 0 Å². The molecule has 1 aliphatic heterocycles. The highest BCUT2D eigenvalue weighted by atomic mass is 16.5. The van der Waals surface area contributed by atoms with Gasteiger partial charge in [-0.05, 0) is 31.5 Å². The lowest BCUT2D eigenvalue weighted by Crippen LogP contribution is -2.52. The molecule has 0 spiro atoms. The summed E-state index contributed by atoms with van der Waals surface area (Å²) in [6, 6.07) is 19.6. The van der Waals surface area contributed by atoms with Gasteiger partial charge >= 0.3 is 5.97 Å². The Kier molecular flexibility index (Phi) is 5.26. The normalized spacial score (nSPS) is 16.6. The number of carbonyl (C=O) groups excluding carboxylic acids is 2. The number of para-hydroxylation sites is 1. The van der Waals surface area contributed by atoms with Crippen molar-refractivity contribution in [2.45, 2.75) is 31.8 Å². The number of carbonyl (C=O) groups is 2. The van der Waals surface area contributed by atoms with Gasteiger partial charge in [0, 0.05) is 6.42 Å². The van der Waals surface area contributed by atoms with E-state index < -0.39 is 11.5 Å². The molecule has 0 bridgehead atoms. The number of amides is 1. The highest BCUT2D eigenvalue weighted by molar-refractivity contribution is 6.40. The summed E-state index contributed by atoms with van der Waals surface area (Å²) in [5, 5.41) is 9.15. The Labute approximate surface area is 158 Å². The van der Waals surface area contributed by atoms with Gasteiger partial charge in [-0.1, -0.05) is 48.5 Å². The first kappa shape index (κ1) is 18.6. The molecular formula is C21H23N3O3. The zero-order valence-electron chi connectivity index (χ0n) is 15.7. The molecule has 6 heteroatoms. The fraction of sp³-hybridized carbons (Fsp3) is 0.286. The summed E-state index contributed by atoms with van der Waals surface area (Å²) >= 11 is 0. The van der Waals surface area contributed by atoms with E-state index in [1.54, 1.807) is 13.8 Å². The van der Waals surface area contributed by atoms with Crippen LogP contribution in [-0.4, -0.2) is 30.2 Å². The van der Waals surface area contributed by atoms with Crippen LogP contribution in [-0.2, 0) is 14.3 Å². The van der Waals surface area contributed by atoms with Crippen LogP contribution in [0.15, 0.2) is 65.8 Å². The number of anilines is 1. The number of benzene rings is 2. The predicted octanol–water partition coefficient (Wildman–Crippen LogP) is 3.06. The number of hydrogen-bond donors (Lipinski definition) is 1. The molecular weight excluding hydrogens is 342 g/mol. The third-order valence-corrected chi connectivity index (χ3v) is 4.50. The lowest BCUT2D eigenvalue weighted by Gasteiger charge is -2.23. The number of ether oxygens (including phenoxy) is 1. The van der Waals surface area contributed by atoms with Gasteiger partial charge in [0.05, 0.1) is 18.8 Å². The van der Waals surface area contributed by atoms with Crippen LogP contribution in [0.1, 0.15) is 31.9 Å². The van der Waals surface area contributed by atoms with Gasteiger partial charge in [-0.3, -0.25) is 9.80 Å². The molecule has 0 radical (unpaired) electrons. The van der Waals surface area contributed by atoms with Crippen LogP contribution in [0.25, 0.3) is 0 Å². The van der Waals surface area contributed by atoms with Gasteiger partial charge in [0.15, 0.2) is 0 Å². The average Bonchev–Trinajstić information content (AvgIpc) is 3.14. The van der Waals surface area contributed by atoms with Crippen LogP contribution in [0.4, 0.5) is 5.69 Å². The van der Waals surface area contributed by atoms with Crippen molar-refractivity contribution in [3.05, 3.63) is 66.2 Å². The third-order valence-electron chi connectivity index (χ3n) is 4.50. The van der Waals surface area contributed by atoms with Crippen LogP contribution < -0.4 is 10.3 Å². The molecule has 27 heavy (non-hydrogen) atoms. The Morgan fingerprint density at radius 2 is 1.67 bits per heavy atom. The molecule has 0 unspecified atom stereocenters. The van der Waals surface area contributed by atoms with Gasteiger partial charge in [0.2, 0.25) is 0 Å². The van der Waals surface area contributed by atoms with Crippen LogP contribution >= 0.6 is 0 Å². The fourth-order valence-corrected chi connectivity index (χ4v) is 3.06. The molecule has 140 valence electrons. The van der Waals surface area contributed by atoms with E-state index in [1.165, 1.54) is 7.11 Å². The van der Waals surface area contributed by atoms with E-state index in [9.17, 15) is 9.59 Å². The van der Waals surface area contributed by atoms with Crippen molar-refractivity contribution in [1.82, 2.24) is 5.32 Å². The number of esters is 1. The van der Waals surface area contributed by atoms with E-state index >= 15 is 0 Å². The molecule has 0 aliphatic carbocycles. The average molecular weight is 365 g/mol. The van der Waals surface area contributed by atoms with Gasteiger partial charge in [0.25, 0.3) is 5.91 Å². The van der Waals surface area contributed by atoms with E-state index in [2.05, 4.69) is 10.4 Å². The lowest BCUT2D eigenvalue weighted by atomic mass is 10.00. The smallest absolute Gasteiger partial charge is 0.330 e. The Morgan fingerprint density at radius 3 is 2.26 bits per heavy atom. The first-order valence-electron chi connectivity index (χ1n) is 8.80. The van der Waals surface area contributed by atoms with Crippen molar-refractivity contribution >= 4 is 23.3 Å². The quantitative estimate of drug-likeness (QED) is 0.827. The zero-order chi connectivity index (χ0) is 19.4. The van der Waals surface area contributed by atoms with Crippen molar-refractivity contribution in [3.8, 4) is 0 Å². The number of nitrogens with one attached hydrogen (secondary N) is 1. The van der Waals surface area contributed by atoms with Crippen molar-refractivity contribution in [2.24, 2.45) is 5.10 Å². The number of methoxy groups -OCH3 is 1. The first-order chi connectivity index (χ1) is 12.9. The fourth-order valence-electron chi connectivity index (χ4n) is 3.06. The first-order valence-corrected chi connectivity index (χ1v) is 8.80. The third kappa shape index (κ3) is 4.00. The molecule has 6 nitrogen and oxygen atoms in total. The maximum absolute atomic E-state index is 12.8.